The molecule has 1 aromatic heterocycles. The first-order valence-corrected chi connectivity index (χ1v) is 7.23. The summed E-state index contributed by atoms with van der Waals surface area (Å²) in [6.07, 6.45) is 7.17. The number of likely N-dealkylation sites (N-methyl/N-ethyl adjacent to an activating group) is 1. The molecule has 0 aliphatic heterocycles. The second-order valence-corrected chi connectivity index (χ2v) is 5.01. The SMILES string of the molecule is CN(C(=O)/C=C/c1cccnc1)C(CCO)c1ccccc1. The summed E-state index contributed by atoms with van der Waals surface area (Å²) in [4.78, 5) is 18.0. The molecule has 0 spiro atoms. The van der Waals surface area contributed by atoms with Gasteiger partial charge in [0.15, 0.2) is 0 Å². The summed E-state index contributed by atoms with van der Waals surface area (Å²) in [5, 5.41) is 9.27. The van der Waals surface area contributed by atoms with Gasteiger partial charge in [-0.1, -0.05) is 36.4 Å². The van der Waals surface area contributed by atoms with Crippen LogP contribution in [0.15, 0.2) is 60.9 Å². The van der Waals surface area contributed by atoms with Crippen molar-refractivity contribution in [2.45, 2.75) is 12.5 Å². The number of rotatable bonds is 6. The lowest BCUT2D eigenvalue weighted by atomic mass is 10.0. The van der Waals surface area contributed by atoms with E-state index in [2.05, 4.69) is 4.98 Å². The molecule has 0 aliphatic carbocycles. The van der Waals surface area contributed by atoms with Crippen molar-refractivity contribution < 1.29 is 9.90 Å². The molecule has 0 saturated carbocycles. The van der Waals surface area contributed by atoms with E-state index in [1.807, 2.05) is 42.5 Å². The average Bonchev–Trinajstić information content (AvgIpc) is 2.58. The third-order valence-electron chi connectivity index (χ3n) is 3.50. The number of hydrogen-bond acceptors (Lipinski definition) is 3. The zero-order chi connectivity index (χ0) is 15.8. The van der Waals surface area contributed by atoms with Gasteiger partial charge < -0.3 is 10.0 Å². The van der Waals surface area contributed by atoms with E-state index in [4.69, 9.17) is 0 Å². The number of aliphatic hydroxyl groups is 1. The molecule has 0 fully saturated rings. The van der Waals surface area contributed by atoms with Gasteiger partial charge in [0.1, 0.15) is 0 Å². The first-order chi connectivity index (χ1) is 10.7. The molecule has 4 heteroatoms. The molecular formula is C18H20N2O2. The molecule has 4 nitrogen and oxygen atoms in total. The molecule has 1 N–H and O–H groups in total. The van der Waals surface area contributed by atoms with Gasteiger partial charge in [0.2, 0.25) is 5.91 Å². The molecule has 1 unspecified atom stereocenters. The number of carbonyl (C=O) groups excluding carboxylic acids is 1. The molecule has 1 heterocycles. The Morgan fingerprint density at radius 3 is 2.68 bits per heavy atom. The molecule has 114 valence electrons. The summed E-state index contributed by atoms with van der Waals surface area (Å²) < 4.78 is 0. The van der Waals surface area contributed by atoms with Crippen molar-refractivity contribution >= 4 is 12.0 Å². The van der Waals surface area contributed by atoms with Gasteiger partial charge in [-0.3, -0.25) is 9.78 Å². The average molecular weight is 296 g/mol. The van der Waals surface area contributed by atoms with Crippen molar-refractivity contribution in [1.82, 2.24) is 9.88 Å². The van der Waals surface area contributed by atoms with Crippen LogP contribution in [0.1, 0.15) is 23.6 Å². The highest BCUT2D eigenvalue weighted by Crippen LogP contribution is 2.23. The highest BCUT2D eigenvalue weighted by Gasteiger charge is 2.19. The fraction of sp³-hybridized carbons (Fsp3) is 0.222. The van der Waals surface area contributed by atoms with Gasteiger partial charge in [-0.05, 0) is 29.7 Å². The number of pyridine rings is 1. The van der Waals surface area contributed by atoms with Crippen molar-refractivity contribution in [3.63, 3.8) is 0 Å². The van der Waals surface area contributed by atoms with E-state index in [1.54, 1.807) is 30.4 Å². The van der Waals surface area contributed by atoms with Crippen molar-refractivity contribution in [2.24, 2.45) is 0 Å². The molecule has 1 aromatic carbocycles. The number of benzene rings is 1. The molecule has 0 aliphatic rings. The third kappa shape index (κ3) is 4.27. The molecule has 1 atom stereocenters. The predicted octanol–water partition coefficient (Wildman–Crippen LogP) is 2.68. The van der Waals surface area contributed by atoms with Crippen LogP contribution in [0.3, 0.4) is 0 Å². The van der Waals surface area contributed by atoms with Crippen molar-refractivity contribution in [1.29, 1.82) is 0 Å². The zero-order valence-electron chi connectivity index (χ0n) is 12.6. The summed E-state index contributed by atoms with van der Waals surface area (Å²) >= 11 is 0. The zero-order valence-corrected chi connectivity index (χ0v) is 12.6. The van der Waals surface area contributed by atoms with Crippen LogP contribution in [0, 0.1) is 0 Å². The Labute approximate surface area is 130 Å². The lowest BCUT2D eigenvalue weighted by Gasteiger charge is -2.27. The predicted molar refractivity (Wildman–Crippen MR) is 86.9 cm³/mol. The fourth-order valence-electron chi connectivity index (χ4n) is 2.29. The van der Waals surface area contributed by atoms with Crippen molar-refractivity contribution in [2.75, 3.05) is 13.7 Å². The van der Waals surface area contributed by atoms with Crippen LogP contribution < -0.4 is 0 Å². The van der Waals surface area contributed by atoms with Gasteiger partial charge in [-0.15, -0.1) is 0 Å². The summed E-state index contributed by atoms with van der Waals surface area (Å²) in [5.74, 6) is -0.105. The Morgan fingerprint density at radius 2 is 2.05 bits per heavy atom. The molecule has 2 rings (SSSR count). The summed E-state index contributed by atoms with van der Waals surface area (Å²) in [5.41, 5.74) is 1.89. The molecule has 0 saturated heterocycles. The normalized spacial score (nSPS) is 12.3. The topological polar surface area (TPSA) is 53.4 Å². The summed E-state index contributed by atoms with van der Waals surface area (Å²) in [6.45, 7) is 0.0313. The summed E-state index contributed by atoms with van der Waals surface area (Å²) in [7, 11) is 1.75. The van der Waals surface area contributed by atoms with Crippen LogP contribution in [-0.2, 0) is 4.79 Å². The van der Waals surface area contributed by atoms with Crippen LogP contribution in [0.25, 0.3) is 6.08 Å². The van der Waals surface area contributed by atoms with Gasteiger partial charge >= 0.3 is 0 Å². The smallest absolute Gasteiger partial charge is 0.246 e. The molecule has 2 aromatic rings. The number of aromatic nitrogens is 1. The van der Waals surface area contributed by atoms with Crippen LogP contribution in [0.2, 0.25) is 0 Å². The van der Waals surface area contributed by atoms with E-state index in [9.17, 15) is 9.90 Å². The number of amides is 1. The van der Waals surface area contributed by atoms with Crippen LogP contribution in [0.4, 0.5) is 0 Å². The largest absolute Gasteiger partial charge is 0.396 e. The monoisotopic (exact) mass is 296 g/mol. The molecule has 0 bridgehead atoms. The minimum absolute atomic E-state index is 0.0313. The molecular weight excluding hydrogens is 276 g/mol. The van der Waals surface area contributed by atoms with Gasteiger partial charge in [0, 0.05) is 32.1 Å². The van der Waals surface area contributed by atoms with Gasteiger partial charge in [0.25, 0.3) is 0 Å². The Kier molecular flexibility index (Phi) is 5.86. The van der Waals surface area contributed by atoms with Gasteiger partial charge in [-0.25, -0.2) is 0 Å². The third-order valence-corrected chi connectivity index (χ3v) is 3.50. The highest BCUT2D eigenvalue weighted by molar-refractivity contribution is 5.91. The fourth-order valence-corrected chi connectivity index (χ4v) is 2.29. The Morgan fingerprint density at radius 1 is 1.27 bits per heavy atom. The van der Waals surface area contributed by atoms with Gasteiger partial charge in [0.05, 0.1) is 6.04 Å². The van der Waals surface area contributed by atoms with E-state index in [1.165, 1.54) is 6.08 Å². The van der Waals surface area contributed by atoms with Crippen LogP contribution in [-0.4, -0.2) is 34.6 Å². The number of aliphatic hydroxyl groups excluding tert-OH is 1. The van der Waals surface area contributed by atoms with Crippen molar-refractivity contribution in [3.05, 3.63) is 72.1 Å². The van der Waals surface area contributed by atoms with E-state index in [-0.39, 0.29) is 18.6 Å². The second kappa shape index (κ2) is 8.10. The molecule has 1 amide bonds. The van der Waals surface area contributed by atoms with Gasteiger partial charge in [-0.2, -0.15) is 0 Å². The van der Waals surface area contributed by atoms with Crippen LogP contribution in [0.5, 0.6) is 0 Å². The van der Waals surface area contributed by atoms with E-state index >= 15 is 0 Å². The first-order valence-electron chi connectivity index (χ1n) is 7.23. The standard InChI is InChI=1S/C18H20N2O2/c1-20(17(11-13-21)16-7-3-2-4-8-16)18(22)10-9-15-6-5-12-19-14-15/h2-10,12,14,17,21H,11,13H2,1H3/b10-9+. The Hall–Kier alpha value is -2.46. The lowest BCUT2D eigenvalue weighted by Crippen LogP contribution is -2.30. The van der Waals surface area contributed by atoms with Crippen LogP contribution >= 0.6 is 0 Å². The maximum absolute atomic E-state index is 12.3. The first kappa shape index (κ1) is 15.9. The number of nitrogens with zero attached hydrogens (tertiary/aromatic N) is 2. The number of hydrogen-bond donors (Lipinski definition) is 1. The maximum Gasteiger partial charge on any atom is 0.246 e. The quantitative estimate of drug-likeness (QED) is 0.834. The maximum atomic E-state index is 12.3. The van der Waals surface area contributed by atoms with E-state index in [0.29, 0.717) is 6.42 Å². The Bertz CT molecular complexity index is 611. The minimum Gasteiger partial charge on any atom is -0.396 e. The number of carbonyl (C=O) groups is 1. The minimum atomic E-state index is -0.141. The van der Waals surface area contributed by atoms with E-state index in [0.717, 1.165) is 11.1 Å². The van der Waals surface area contributed by atoms with Crippen molar-refractivity contribution in [3.8, 4) is 0 Å². The lowest BCUT2D eigenvalue weighted by molar-refractivity contribution is -0.127. The Balaban J connectivity index is 2.11. The highest BCUT2D eigenvalue weighted by atomic mass is 16.3. The molecule has 0 radical (unpaired) electrons. The second-order valence-electron chi connectivity index (χ2n) is 5.01. The molecule has 22 heavy (non-hydrogen) atoms. The van der Waals surface area contributed by atoms with E-state index < -0.39 is 0 Å². The summed E-state index contributed by atoms with van der Waals surface area (Å²) in [6, 6.07) is 13.3.